The van der Waals surface area contributed by atoms with Gasteiger partial charge < -0.3 is 15.8 Å². The second-order valence-electron chi connectivity index (χ2n) is 6.42. The van der Waals surface area contributed by atoms with Crippen molar-refractivity contribution in [1.82, 2.24) is 10.2 Å². The Morgan fingerprint density at radius 1 is 1.29 bits per heavy atom. The number of ether oxygens (including phenoxy) is 1. The van der Waals surface area contributed by atoms with Gasteiger partial charge in [0.25, 0.3) is 0 Å². The summed E-state index contributed by atoms with van der Waals surface area (Å²) in [5.74, 6) is 1.18. The fourth-order valence-electron chi connectivity index (χ4n) is 3.28. The van der Waals surface area contributed by atoms with E-state index in [-0.39, 0.29) is 18.0 Å². The van der Waals surface area contributed by atoms with Crippen molar-refractivity contribution in [3.05, 3.63) is 0 Å². The van der Waals surface area contributed by atoms with Crippen molar-refractivity contribution in [2.75, 3.05) is 32.8 Å². The topological polar surface area (TPSA) is 67.6 Å². The van der Waals surface area contributed by atoms with Crippen molar-refractivity contribution in [3.8, 4) is 0 Å². The molecule has 0 bridgehead atoms. The Morgan fingerprint density at radius 2 is 1.90 bits per heavy atom. The SMILES string of the molecule is CCC(CC)C(C(=O)NCC(N)C1CC1)N1CCOCC1. The molecule has 1 saturated carbocycles. The van der Waals surface area contributed by atoms with Crippen LogP contribution in [-0.4, -0.2) is 55.7 Å². The lowest BCUT2D eigenvalue weighted by Crippen LogP contribution is -2.55. The number of hydrogen-bond donors (Lipinski definition) is 2. The number of rotatable bonds is 8. The lowest BCUT2D eigenvalue weighted by molar-refractivity contribution is -0.130. The number of carbonyl (C=O) groups is 1. The van der Waals surface area contributed by atoms with Crippen LogP contribution in [0.1, 0.15) is 39.5 Å². The zero-order chi connectivity index (χ0) is 15.2. The maximum Gasteiger partial charge on any atom is 0.237 e. The van der Waals surface area contributed by atoms with Gasteiger partial charge in [-0.2, -0.15) is 0 Å². The van der Waals surface area contributed by atoms with Gasteiger partial charge in [0, 0.05) is 25.7 Å². The van der Waals surface area contributed by atoms with Crippen LogP contribution in [0, 0.1) is 11.8 Å². The van der Waals surface area contributed by atoms with Crippen LogP contribution in [0.15, 0.2) is 0 Å². The summed E-state index contributed by atoms with van der Waals surface area (Å²) in [5, 5.41) is 3.10. The molecule has 0 radical (unpaired) electrons. The Balaban J connectivity index is 1.93. The minimum atomic E-state index is -0.0321. The highest BCUT2D eigenvalue weighted by Crippen LogP contribution is 2.31. The highest BCUT2D eigenvalue weighted by atomic mass is 16.5. The number of morpholine rings is 1. The third kappa shape index (κ3) is 4.66. The molecule has 0 spiro atoms. The van der Waals surface area contributed by atoms with Gasteiger partial charge in [0.1, 0.15) is 0 Å². The van der Waals surface area contributed by atoms with Gasteiger partial charge in [-0.15, -0.1) is 0 Å². The molecule has 5 heteroatoms. The highest BCUT2D eigenvalue weighted by Gasteiger charge is 2.34. The fourth-order valence-corrected chi connectivity index (χ4v) is 3.28. The molecule has 1 aliphatic heterocycles. The number of nitrogens with one attached hydrogen (secondary N) is 1. The average molecular weight is 297 g/mol. The third-order valence-corrected chi connectivity index (χ3v) is 4.94. The van der Waals surface area contributed by atoms with Gasteiger partial charge in [-0.05, 0) is 24.7 Å². The van der Waals surface area contributed by atoms with E-state index in [1.165, 1.54) is 12.8 Å². The molecule has 2 fully saturated rings. The number of nitrogens with two attached hydrogens (primary N) is 1. The summed E-state index contributed by atoms with van der Waals surface area (Å²) in [7, 11) is 0. The second-order valence-corrected chi connectivity index (χ2v) is 6.42. The number of nitrogens with zero attached hydrogens (tertiary/aromatic N) is 1. The molecule has 2 aliphatic rings. The molecule has 21 heavy (non-hydrogen) atoms. The molecule has 122 valence electrons. The van der Waals surface area contributed by atoms with E-state index < -0.39 is 0 Å². The molecular formula is C16H31N3O2. The van der Waals surface area contributed by atoms with Crippen LogP contribution in [-0.2, 0) is 9.53 Å². The van der Waals surface area contributed by atoms with Gasteiger partial charge in [0.15, 0.2) is 0 Å². The monoisotopic (exact) mass is 297 g/mol. The predicted octanol–water partition coefficient (Wildman–Crippen LogP) is 0.977. The normalized spacial score (nSPS) is 23.0. The summed E-state index contributed by atoms with van der Waals surface area (Å²) in [6, 6.07) is 0.0938. The number of hydrogen-bond acceptors (Lipinski definition) is 4. The van der Waals surface area contributed by atoms with Crippen LogP contribution in [0.25, 0.3) is 0 Å². The number of amides is 1. The third-order valence-electron chi connectivity index (χ3n) is 4.94. The molecular weight excluding hydrogens is 266 g/mol. The predicted molar refractivity (Wildman–Crippen MR) is 84.0 cm³/mol. The lowest BCUT2D eigenvalue weighted by atomic mass is 9.91. The first-order chi connectivity index (χ1) is 10.2. The maximum absolute atomic E-state index is 12.7. The zero-order valence-electron chi connectivity index (χ0n) is 13.5. The highest BCUT2D eigenvalue weighted by molar-refractivity contribution is 5.82. The minimum Gasteiger partial charge on any atom is -0.379 e. The van der Waals surface area contributed by atoms with Crippen LogP contribution >= 0.6 is 0 Å². The molecule has 0 aromatic carbocycles. The van der Waals surface area contributed by atoms with E-state index in [4.69, 9.17) is 10.5 Å². The minimum absolute atomic E-state index is 0.0321. The van der Waals surface area contributed by atoms with E-state index in [9.17, 15) is 4.79 Å². The first-order valence-corrected chi connectivity index (χ1v) is 8.52. The molecule has 5 nitrogen and oxygen atoms in total. The van der Waals surface area contributed by atoms with Crippen molar-refractivity contribution >= 4 is 5.91 Å². The van der Waals surface area contributed by atoms with Gasteiger partial charge >= 0.3 is 0 Å². The van der Waals surface area contributed by atoms with E-state index >= 15 is 0 Å². The Morgan fingerprint density at radius 3 is 2.43 bits per heavy atom. The Bertz CT molecular complexity index is 323. The van der Waals surface area contributed by atoms with E-state index in [1.54, 1.807) is 0 Å². The summed E-state index contributed by atoms with van der Waals surface area (Å²) in [4.78, 5) is 15.0. The van der Waals surface area contributed by atoms with E-state index in [1.807, 2.05) is 0 Å². The van der Waals surface area contributed by atoms with E-state index in [2.05, 4.69) is 24.1 Å². The lowest BCUT2D eigenvalue weighted by Gasteiger charge is -2.37. The van der Waals surface area contributed by atoms with Crippen molar-refractivity contribution in [3.63, 3.8) is 0 Å². The van der Waals surface area contributed by atoms with E-state index in [0.29, 0.717) is 18.4 Å². The number of carbonyl (C=O) groups excluding carboxylic acids is 1. The molecule has 1 amide bonds. The van der Waals surface area contributed by atoms with Crippen LogP contribution in [0.3, 0.4) is 0 Å². The Kier molecular flexibility index (Phi) is 6.45. The van der Waals surface area contributed by atoms with E-state index in [0.717, 1.165) is 39.1 Å². The van der Waals surface area contributed by atoms with Crippen LogP contribution in [0.2, 0.25) is 0 Å². The summed E-state index contributed by atoms with van der Waals surface area (Å²) >= 11 is 0. The molecule has 3 N–H and O–H groups in total. The molecule has 1 heterocycles. The largest absolute Gasteiger partial charge is 0.379 e. The van der Waals surface area contributed by atoms with Crippen molar-refractivity contribution < 1.29 is 9.53 Å². The van der Waals surface area contributed by atoms with Gasteiger partial charge in [0.2, 0.25) is 5.91 Å². The van der Waals surface area contributed by atoms with Crippen molar-refractivity contribution in [2.24, 2.45) is 17.6 Å². The first-order valence-electron chi connectivity index (χ1n) is 8.52. The van der Waals surface area contributed by atoms with Crippen LogP contribution < -0.4 is 11.1 Å². The van der Waals surface area contributed by atoms with Crippen LogP contribution in [0.5, 0.6) is 0 Å². The van der Waals surface area contributed by atoms with Crippen LogP contribution in [0.4, 0.5) is 0 Å². The molecule has 1 aliphatic carbocycles. The summed E-state index contributed by atoms with van der Waals surface area (Å²) in [6.45, 7) is 8.11. The molecule has 0 aromatic rings. The molecule has 1 saturated heterocycles. The van der Waals surface area contributed by atoms with Gasteiger partial charge in [0.05, 0.1) is 19.3 Å². The molecule has 0 aromatic heterocycles. The summed E-state index contributed by atoms with van der Waals surface area (Å²) < 4.78 is 5.42. The fraction of sp³-hybridized carbons (Fsp3) is 0.938. The molecule has 2 atom stereocenters. The Labute approximate surface area is 128 Å². The van der Waals surface area contributed by atoms with Gasteiger partial charge in [-0.3, -0.25) is 9.69 Å². The van der Waals surface area contributed by atoms with Gasteiger partial charge in [-0.25, -0.2) is 0 Å². The quantitative estimate of drug-likeness (QED) is 0.701. The Hall–Kier alpha value is -0.650. The summed E-state index contributed by atoms with van der Waals surface area (Å²) in [5.41, 5.74) is 6.10. The molecule has 2 unspecified atom stereocenters. The van der Waals surface area contributed by atoms with Crippen molar-refractivity contribution in [1.29, 1.82) is 0 Å². The van der Waals surface area contributed by atoms with Crippen molar-refractivity contribution in [2.45, 2.75) is 51.6 Å². The average Bonchev–Trinajstić information content (AvgIpc) is 3.35. The summed E-state index contributed by atoms with van der Waals surface area (Å²) in [6.07, 6.45) is 4.49. The standard InChI is InChI=1S/C16H31N3O2/c1-3-12(4-2)15(19-7-9-21-10-8-19)16(20)18-11-14(17)13-5-6-13/h12-15H,3-11,17H2,1-2H3,(H,18,20). The first kappa shape index (κ1) is 16.7. The van der Waals surface area contributed by atoms with Gasteiger partial charge in [-0.1, -0.05) is 26.7 Å². The maximum atomic E-state index is 12.7. The molecule has 2 rings (SSSR count). The second kappa shape index (κ2) is 8.11. The smallest absolute Gasteiger partial charge is 0.237 e. The zero-order valence-corrected chi connectivity index (χ0v) is 13.5.